The SMILES string of the molecule is c1ccc(-c2cc(-c3cccnc3-c3ccc4c(c3)Sc3ccccc3C43c4ccccc4-c4ccccc43)nc(-c3ccccc3)n2)cc1. The van der Waals surface area contributed by atoms with E-state index in [2.05, 4.69) is 127 Å². The third-order valence-electron chi connectivity index (χ3n) is 10.0. The molecule has 2 aromatic heterocycles. The molecule has 2 aliphatic rings. The summed E-state index contributed by atoms with van der Waals surface area (Å²) in [7, 11) is 0. The van der Waals surface area contributed by atoms with Gasteiger partial charge in [-0.25, -0.2) is 9.97 Å². The lowest BCUT2D eigenvalue weighted by Crippen LogP contribution is -2.31. The topological polar surface area (TPSA) is 38.7 Å². The fourth-order valence-electron chi connectivity index (χ4n) is 7.91. The van der Waals surface area contributed by atoms with Crippen molar-refractivity contribution in [3.05, 3.63) is 198 Å². The molecule has 1 aliphatic carbocycles. The molecule has 0 saturated heterocycles. The lowest BCUT2D eigenvalue weighted by molar-refractivity contribution is 0.722. The van der Waals surface area contributed by atoms with E-state index in [1.807, 2.05) is 60.4 Å². The van der Waals surface area contributed by atoms with E-state index in [4.69, 9.17) is 15.0 Å². The lowest BCUT2D eigenvalue weighted by Gasteiger charge is -2.39. The fourth-order valence-corrected chi connectivity index (χ4v) is 9.14. The molecule has 4 heteroatoms. The van der Waals surface area contributed by atoms with Crippen molar-refractivity contribution in [1.82, 2.24) is 15.0 Å². The van der Waals surface area contributed by atoms with Gasteiger partial charge in [0.1, 0.15) is 0 Å². The van der Waals surface area contributed by atoms with Crippen LogP contribution in [0.5, 0.6) is 0 Å². The summed E-state index contributed by atoms with van der Waals surface area (Å²) in [5.41, 5.74) is 14.2. The Kier molecular flexibility index (Phi) is 6.64. The zero-order chi connectivity index (χ0) is 33.1. The molecule has 6 aromatic carbocycles. The van der Waals surface area contributed by atoms with E-state index in [1.165, 1.54) is 43.2 Å². The van der Waals surface area contributed by atoms with Gasteiger partial charge in [0, 0.05) is 38.2 Å². The number of pyridine rings is 1. The summed E-state index contributed by atoms with van der Waals surface area (Å²) in [6.45, 7) is 0. The van der Waals surface area contributed by atoms with E-state index in [-0.39, 0.29) is 0 Å². The Morgan fingerprint density at radius 3 is 1.72 bits per heavy atom. The molecule has 0 N–H and O–H groups in total. The van der Waals surface area contributed by atoms with Gasteiger partial charge in [0.15, 0.2) is 5.82 Å². The summed E-state index contributed by atoms with van der Waals surface area (Å²) in [5.74, 6) is 0.690. The van der Waals surface area contributed by atoms with E-state index >= 15 is 0 Å². The number of hydrogen-bond acceptors (Lipinski definition) is 4. The van der Waals surface area contributed by atoms with Crippen molar-refractivity contribution in [2.24, 2.45) is 0 Å². The molecule has 0 unspecified atom stereocenters. The summed E-state index contributed by atoms with van der Waals surface area (Å²) in [6.07, 6.45) is 1.88. The van der Waals surface area contributed by atoms with Crippen LogP contribution in [0, 0.1) is 0 Å². The highest BCUT2D eigenvalue weighted by atomic mass is 32.2. The minimum atomic E-state index is -0.405. The molecule has 1 aliphatic heterocycles. The largest absolute Gasteiger partial charge is 0.256 e. The van der Waals surface area contributed by atoms with Gasteiger partial charge in [-0.15, -0.1) is 0 Å². The average molecular weight is 656 g/mol. The van der Waals surface area contributed by atoms with Crippen molar-refractivity contribution in [3.63, 3.8) is 0 Å². The van der Waals surface area contributed by atoms with Crippen LogP contribution >= 0.6 is 11.8 Å². The Morgan fingerprint density at radius 1 is 0.400 bits per heavy atom. The van der Waals surface area contributed by atoms with Crippen LogP contribution in [0.15, 0.2) is 186 Å². The van der Waals surface area contributed by atoms with Gasteiger partial charge in [-0.2, -0.15) is 0 Å². The maximum absolute atomic E-state index is 5.15. The molecule has 0 radical (unpaired) electrons. The molecule has 0 fully saturated rings. The molecule has 50 heavy (non-hydrogen) atoms. The minimum Gasteiger partial charge on any atom is -0.256 e. The number of rotatable bonds is 4. The average Bonchev–Trinajstić information content (AvgIpc) is 3.49. The van der Waals surface area contributed by atoms with Crippen LogP contribution in [0.3, 0.4) is 0 Å². The van der Waals surface area contributed by atoms with Crippen LogP contribution < -0.4 is 0 Å². The predicted molar refractivity (Wildman–Crippen MR) is 203 cm³/mol. The lowest BCUT2D eigenvalue weighted by atomic mass is 9.67. The standard InChI is InChI=1S/C46H29N3S/c1-3-14-30(15-4-1)40-29-41(49-45(48-40)31-16-5-2-6-17-31)35-20-13-27-47-44(35)32-25-26-39-43(28-32)50-42-24-12-11-23-38(42)46(39)36-21-9-7-18-33(36)34-19-8-10-22-37(34)46/h1-29H. The molecule has 0 saturated carbocycles. The molecule has 8 aromatic rings. The van der Waals surface area contributed by atoms with Gasteiger partial charge in [0.25, 0.3) is 0 Å². The second-order valence-corrected chi connectivity index (χ2v) is 13.8. The third-order valence-corrected chi connectivity index (χ3v) is 11.2. The Bertz CT molecular complexity index is 2480. The molecule has 0 atom stereocenters. The van der Waals surface area contributed by atoms with Gasteiger partial charge < -0.3 is 0 Å². The molecular weight excluding hydrogens is 627 g/mol. The van der Waals surface area contributed by atoms with Gasteiger partial charge in [0.2, 0.25) is 0 Å². The van der Waals surface area contributed by atoms with Crippen LogP contribution in [0.25, 0.3) is 56.3 Å². The molecule has 1 spiro atoms. The third kappa shape index (κ3) is 4.35. The van der Waals surface area contributed by atoms with E-state index in [0.717, 1.165) is 39.3 Å². The second kappa shape index (κ2) is 11.5. The first kappa shape index (κ1) is 28.9. The van der Waals surface area contributed by atoms with Gasteiger partial charge in [-0.3, -0.25) is 4.98 Å². The van der Waals surface area contributed by atoms with Crippen LogP contribution in [-0.2, 0) is 5.41 Å². The van der Waals surface area contributed by atoms with Crippen molar-refractivity contribution in [2.45, 2.75) is 15.2 Å². The number of fused-ring (bicyclic) bond motifs is 9. The number of benzene rings is 6. The summed E-state index contributed by atoms with van der Waals surface area (Å²) < 4.78 is 0. The summed E-state index contributed by atoms with van der Waals surface area (Å²) >= 11 is 1.85. The summed E-state index contributed by atoms with van der Waals surface area (Å²) in [4.78, 5) is 17.7. The Morgan fingerprint density at radius 2 is 0.980 bits per heavy atom. The second-order valence-electron chi connectivity index (χ2n) is 12.7. The van der Waals surface area contributed by atoms with E-state index in [0.29, 0.717) is 5.82 Å². The highest BCUT2D eigenvalue weighted by Gasteiger charge is 2.50. The van der Waals surface area contributed by atoms with E-state index < -0.39 is 5.41 Å². The normalized spacial score (nSPS) is 13.3. The van der Waals surface area contributed by atoms with Crippen molar-refractivity contribution in [3.8, 4) is 56.3 Å². The molecule has 234 valence electrons. The smallest absolute Gasteiger partial charge is 0.160 e. The van der Waals surface area contributed by atoms with E-state index in [1.54, 1.807) is 0 Å². The maximum atomic E-state index is 5.15. The fraction of sp³-hybridized carbons (Fsp3) is 0.0217. The van der Waals surface area contributed by atoms with Crippen molar-refractivity contribution >= 4 is 11.8 Å². The Hall–Kier alpha value is -6.10. The predicted octanol–water partition coefficient (Wildman–Crippen LogP) is 11.4. The first-order valence-electron chi connectivity index (χ1n) is 16.9. The van der Waals surface area contributed by atoms with Crippen LogP contribution in [-0.4, -0.2) is 15.0 Å². The van der Waals surface area contributed by atoms with Crippen LogP contribution in [0.2, 0.25) is 0 Å². The van der Waals surface area contributed by atoms with Gasteiger partial charge in [-0.1, -0.05) is 151 Å². The van der Waals surface area contributed by atoms with Gasteiger partial charge in [0.05, 0.1) is 22.5 Å². The summed E-state index contributed by atoms with van der Waals surface area (Å²) in [6, 6.07) is 60.4. The van der Waals surface area contributed by atoms with Crippen LogP contribution in [0.4, 0.5) is 0 Å². The number of aromatic nitrogens is 3. The zero-order valence-corrected chi connectivity index (χ0v) is 27.8. The Labute approximate surface area is 295 Å². The summed E-state index contributed by atoms with van der Waals surface area (Å²) in [5, 5.41) is 0. The van der Waals surface area contributed by atoms with Crippen molar-refractivity contribution < 1.29 is 0 Å². The minimum absolute atomic E-state index is 0.405. The van der Waals surface area contributed by atoms with Gasteiger partial charge in [-0.05, 0) is 63.7 Å². The molecular formula is C46H29N3S. The number of hydrogen-bond donors (Lipinski definition) is 0. The number of nitrogens with zero attached hydrogens (tertiary/aromatic N) is 3. The maximum Gasteiger partial charge on any atom is 0.160 e. The first-order chi connectivity index (χ1) is 24.8. The molecule has 10 rings (SSSR count). The Balaban J connectivity index is 1.18. The monoisotopic (exact) mass is 655 g/mol. The van der Waals surface area contributed by atoms with E-state index in [9.17, 15) is 0 Å². The quantitative estimate of drug-likeness (QED) is 0.189. The highest BCUT2D eigenvalue weighted by Crippen LogP contribution is 2.62. The van der Waals surface area contributed by atoms with Crippen molar-refractivity contribution in [2.75, 3.05) is 0 Å². The first-order valence-corrected chi connectivity index (χ1v) is 17.7. The zero-order valence-electron chi connectivity index (χ0n) is 27.0. The van der Waals surface area contributed by atoms with Crippen LogP contribution in [0.1, 0.15) is 22.3 Å². The molecule has 3 heterocycles. The highest BCUT2D eigenvalue weighted by molar-refractivity contribution is 7.99. The van der Waals surface area contributed by atoms with Gasteiger partial charge >= 0.3 is 0 Å². The van der Waals surface area contributed by atoms with Crippen molar-refractivity contribution in [1.29, 1.82) is 0 Å². The molecule has 0 amide bonds. The molecule has 3 nitrogen and oxygen atoms in total. The molecule has 0 bridgehead atoms.